The summed E-state index contributed by atoms with van der Waals surface area (Å²) in [6.45, 7) is 2.24. The summed E-state index contributed by atoms with van der Waals surface area (Å²) in [5.41, 5.74) is 0.883. The van der Waals surface area contributed by atoms with Crippen molar-refractivity contribution in [1.82, 2.24) is 9.88 Å². The van der Waals surface area contributed by atoms with Gasteiger partial charge in [0, 0.05) is 25.2 Å². The van der Waals surface area contributed by atoms with E-state index in [2.05, 4.69) is 9.88 Å². The molecule has 110 valence electrons. The van der Waals surface area contributed by atoms with Gasteiger partial charge in [-0.1, -0.05) is 6.07 Å². The average molecular weight is 296 g/mol. The van der Waals surface area contributed by atoms with Gasteiger partial charge in [0.1, 0.15) is 4.75 Å². The van der Waals surface area contributed by atoms with Crippen molar-refractivity contribution < 1.29 is 13.2 Å². The largest absolute Gasteiger partial charge is 0.375 e. The maximum atomic E-state index is 12.3. The predicted octanol–water partition coefficient (Wildman–Crippen LogP) is 0.717. The molecule has 1 unspecified atom stereocenters. The van der Waals surface area contributed by atoms with E-state index in [1.165, 1.54) is 0 Å². The highest BCUT2D eigenvalue weighted by Gasteiger charge is 2.60. The summed E-state index contributed by atoms with van der Waals surface area (Å²) in [6.07, 6.45) is 2.46. The number of nitrogens with zero attached hydrogens (tertiary/aromatic N) is 2. The molecule has 0 aromatic carbocycles. The average Bonchev–Trinajstić information content (AvgIpc) is 2.64. The molecule has 0 N–H and O–H groups in total. The predicted molar refractivity (Wildman–Crippen MR) is 76.0 cm³/mol. The third kappa shape index (κ3) is 2.25. The summed E-state index contributed by atoms with van der Waals surface area (Å²) in [7, 11) is -1.00. The van der Waals surface area contributed by atoms with Crippen LogP contribution < -0.4 is 0 Å². The molecule has 2 aliphatic rings. The van der Waals surface area contributed by atoms with Crippen LogP contribution in [0.3, 0.4) is 0 Å². The maximum absolute atomic E-state index is 12.3. The standard InChI is InChI=1S/C14H20N2O3S/c1-16-10-14(11-16)12(5-7-20(14,17)18)8-19-9-13-4-2-3-6-15-13/h2-4,6,12H,5,7-11H2,1H3. The summed E-state index contributed by atoms with van der Waals surface area (Å²) in [5.74, 6) is 0.422. The molecule has 1 aromatic heterocycles. The van der Waals surface area contributed by atoms with Crippen LogP contribution in [0, 0.1) is 5.92 Å². The van der Waals surface area contributed by atoms with E-state index >= 15 is 0 Å². The van der Waals surface area contributed by atoms with Crippen molar-refractivity contribution in [3.63, 3.8) is 0 Å². The van der Waals surface area contributed by atoms with Crippen LogP contribution in [0.4, 0.5) is 0 Å². The molecule has 3 heterocycles. The molecule has 1 spiro atoms. The molecule has 5 nitrogen and oxygen atoms in total. The number of rotatable bonds is 4. The van der Waals surface area contributed by atoms with Gasteiger partial charge in [-0.3, -0.25) is 4.98 Å². The van der Waals surface area contributed by atoms with Gasteiger partial charge < -0.3 is 9.64 Å². The lowest BCUT2D eigenvalue weighted by atomic mass is 9.84. The Morgan fingerprint density at radius 1 is 1.45 bits per heavy atom. The fourth-order valence-electron chi connectivity index (χ4n) is 3.36. The van der Waals surface area contributed by atoms with Gasteiger partial charge in [-0.25, -0.2) is 8.42 Å². The summed E-state index contributed by atoms with van der Waals surface area (Å²) < 4.78 is 29.7. The van der Waals surface area contributed by atoms with Crippen molar-refractivity contribution >= 4 is 9.84 Å². The first-order valence-electron chi connectivity index (χ1n) is 6.92. The number of ether oxygens (including phenoxy) is 1. The molecule has 0 aliphatic carbocycles. The lowest BCUT2D eigenvalue weighted by Crippen LogP contribution is -2.66. The SMILES string of the molecule is CN1CC2(C1)C(COCc1ccccn1)CCS2(=O)=O. The second-order valence-electron chi connectivity index (χ2n) is 5.88. The van der Waals surface area contributed by atoms with Gasteiger partial charge in [-0.15, -0.1) is 0 Å². The van der Waals surface area contributed by atoms with Gasteiger partial charge in [0.15, 0.2) is 9.84 Å². The number of likely N-dealkylation sites (tertiary alicyclic amines) is 1. The van der Waals surface area contributed by atoms with Gasteiger partial charge in [0.05, 0.1) is 24.7 Å². The Labute approximate surface area is 119 Å². The topological polar surface area (TPSA) is 59.5 Å². The molecule has 3 rings (SSSR count). The lowest BCUT2D eigenvalue weighted by molar-refractivity contribution is 0.0324. The highest BCUT2D eigenvalue weighted by Crippen LogP contribution is 2.44. The minimum Gasteiger partial charge on any atom is -0.375 e. The van der Waals surface area contributed by atoms with E-state index in [1.54, 1.807) is 6.20 Å². The molecule has 20 heavy (non-hydrogen) atoms. The fraction of sp³-hybridized carbons (Fsp3) is 0.643. The molecule has 0 saturated carbocycles. The normalized spacial score (nSPS) is 27.6. The zero-order chi connectivity index (χ0) is 14.2. The molecular formula is C14H20N2O3S. The monoisotopic (exact) mass is 296 g/mol. The highest BCUT2D eigenvalue weighted by molar-refractivity contribution is 7.93. The molecule has 0 radical (unpaired) electrons. The van der Waals surface area contributed by atoms with E-state index in [9.17, 15) is 8.42 Å². The van der Waals surface area contributed by atoms with Crippen LogP contribution in [0.5, 0.6) is 0 Å². The van der Waals surface area contributed by atoms with Crippen LogP contribution in [-0.2, 0) is 21.2 Å². The Balaban J connectivity index is 1.61. The van der Waals surface area contributed by atoms with E-state index < -0.39 is 14.6 Å². The van der Waals surface area contributed by atoms with Crippen molar-refractivity contribution in [2.24, 2.45) is 5.92 Å². The second-order valence-corrected chi connectivity index (χ2v) is 8.33. The Hall–Kier alpha value is -0.980. The first-order valence-corrected chi connectivity index (χ1v) is 8.57. The van der Waals surface area contributed by atoms with E-state index in [-0.39, 0.29) is 5.92 Å². The van der Waals surface area contributed by atoms with Crippen LogP contribution in [0.25, 0.3) is 0 Å². The number of hydrogen-bond donors (Lipinski definition) is 0. The van der Waals surface area contributed by atoms with Gasteiger partial charge >= 0.3 is 0 Å². The Morgan fingerprint density at radius 3 is 2.90 bits per heavy atom. The Kier molecular flexibility index (Phi) is 3.56. The van der Waals surface area contributed by atoms with Crippen LogP contribution in [0.15, 0.2) is 24.4 Å². The van der Waals surface area contributed by atoms with Crippen molar-refractivity contribution in [2.45, 2.75) is 17.8 Å². The van der Waals surface area contributed by atoms with Crippen molar-refractivity contribution in [2.75, 3.05) is 32.5 Å². The first kappa shape index (κ1) is 14.0. The van der Waals surface area contributed by atoms with Crippen LogP contribution in [0.1, 0.15) is 12.1 Å². The molecule has 1 aromatic rings. The molecular weight excluding hydrogens is 276 g/mol. The summed E-state index contributed by atoms with van der Waals surface area (Å²) in [4.78, 5) is 6.27. The Bertz CT molecular complexity index is 567. The van der Waals surface area contributed by atoms with Crippen LogP contribution in [-0.4, -0.2) is 55.5 Å². The third-order valence-corrected chi connectivity index (χ3v) is 7.07. The molecule has 2 fully saturated rings. The van der Waals surface area contributed by atoms with Gasteiger partial charge in [-0.2, -0.15) is 0 Å². The van der Waals surface area contributed by atoms with Crippen molar-refractivity contribution in [1.29, 1.82) is 0 Å². The lowest BCUT2D eigenvalue weighted by Gasteiger charge is -2.48. The molecule has 0 amide bonds. The minimum absolute atomic E-state index is 0.118. The molecule has 0 bridgehead atoms. The molecule has 2 aliphatic heterocycles. The van der Waals surface area contributed by atoms with Gasteiger partial charge in [0.25, 0.3) is 0 Å². The number of sulfone groups is 1. The van der Waals surface area contributed by atoms with Gasteiger partial charge in [-0.05, 0) is 25.6 Å². The van der Waals surface area contributed by atoms with E-state index in [1.807, 2.05) is 25.2 Å². The number of pyridine rings is 1. The summed E-state index contributed by atoms with van der Waals surface area (Å²) >= 11 is 0. The third-order valence-electron chi connectivity index (χ3n) is 4.47. The Morgan fingerprint density at radius 2 is 2.25 bits per heavy atom. The smallest absolute Gasteiger partial charge is 0.158 e. The van der Waals surface area contributed by atoms with Crippen LogP contribution >= 0.6 is 0 Å². The number of aromatic nitrogens is 1. The highest BCUT2D eigenvalue weighted by atomic mass is 32.2. The quantitative estimate of drug-likeness (QED) is 0.819. The fourth-order valence-corrected chi connectivity index (χ4v) is 5.89. The van der Waals surface area contributed by atoms with E-state index in [4.69, 9.17) is 4.74 Å². The van der Waals surface area contributed by atoms with Crippen molar-refractivity contribution in [3.05, 3.63) is 30.1 Å². The second kappa shape index (κ2) is 5.09. The molecule has 6 heteroatoms. The van der Waals surface area contributed by atoms with Gasteiger partial charge in [0.2, 0.25) is 0 Å². The maximum Gasteiger partial charge on any atom is 0.158 e. The molecule has 1 atom stereocenters. The zero-order valence-electron chi connectivity index (χ0n) is 11.7. The molecule has 2 saturated heterocycles. The summed E-state index contributed by atoms with van der Waals surface area (Å²) in [6, 6.07) is 5.71. The van der Waals surface area contributed by atoms with E-state index in [0.29, 0.717) is 32.1 Å². The minimum atomic E-state index is -2.96. The number of hydrogen-bond acceptors (Lipinski definition) is 5. The van der Waals surface area contributed by atoms with Crippen molar-refractivity contribution in [3.8, 4) is 0 Å². The van der Waals surface area contributed by atoms with E-state index in [0.717, 1.165) is 12.1 Å². The van der Waals surface area contributed by atoms with Crippen LogP contribution in [0.2, 0.25) is 0 Å². The summed E-state index contributed by atoms with van der Waals surface area (Å²) in [5, 5.41) is 0. The zero-order valence-corrected chi connectivity index (χ0v) is 12.5. The first-order chi connectivity index (χ1) is 9.53.